The van der Waals surface area contributed by atoms with E-state index in [4.69, 9.17) is 9.47 Å². The van der Waals surface area contributed by atoms with Crippen molar-refractivity contribution in [3.63, 3.8) is 0 Å². The molecule has 0 aliphatic carbocycles. The van der Waals surface area contributed by atoms with Crippen molar-refractivity contribution in [1.29, 1.82) is 0 Å². The Hall–Kier alpha value is -2.91. The number of ether oxygens (including phenoxy) is 2. The molecule has 2 aromatic carbocycles. The Morgan fingerprint density at radius 1 is 1.10 bits per heavy atom. The number of halogens is 1. The summed E-state index contributed by atoms with van der Waals surface area (Å²) in [6.07, 6.45) is 2.12. The van der Waals surface area contributed by atoms with E-state index in [0.29, 0.717) is 18.7 Å². The van der Waals surface area contributed by atoms with E-state index in [2.05, 4.69) is 9.71 Å². The van der Waals surface area contributed by atoms with Gasteiger partial charge in [0.2, 0.25) is 10.0 Å². The molecular weight excluding hydrogens is 409 g/mol. The first-order valence-electron chi connectivity index (χ1n) is 9.31. The van der Waals surface area contributed by atoms with E-state index in [-0.39, 0.29) is 23.0 Å². The van der Waals surface area contributed by atoms with Crippen molar-refractivity contribution in [1.82, 2.24) is 14.3 Å². The van der Waals surface area contributed by atoms with E-state index in [1.807, 2.05) is 11.5 Å². The number of aryl methyl sites for hydroxylation is 1. The summed E-state index contributed by atoms with van der Waals surface area (Å²) in [4.78, 5) is 4.40. The molecule has 1 heterocycles. The van der Waals surface area contributed by atoms with Gasteiger partial charge in [-0.25, -0.2) is 22.5 Å². The molecule has 3 rings (SSSR count). The van der Waals surface area contributed by atoms with Crippen LogP contribution in [-0.2, 0) is 23.0 Å². The summed E-state index contributed by atoms with van der Waals surface area (Å²) in [5.41, 5.74) is 1.87. The zero-order valence-corrected chi connectivity index (χ0v) is 17.9. The fourth-order valence-electron chi connectivity index (χ4n) is 3.07. The molecular formula is C21H24FN3O4S. The lowest BCUT2D eigenvalue weighted by Crippen LogP contribution is -2.27. The number of benzene rings is 2. The van der Waals surface area contributed by atoms with Crippen molar-refractivity contribution in [2.75, 3.05) is 20.8 Å². The van der Waals surface area contributed by atoms with Crippen molar-refractivity contribution in [2.24, 2.45) is 0 Å². The minimum absolute atomic E-state index is 0.00943. The van der Waals surface area contributed by atoms with Crippen molar-refractivity contribution >= 4 is 10.0 Å². The molecule has 30 heavy (non-hydrogen) atoms. The molecule has 3 aromatic rings. The standard InChI is InChI=1S/C21H24FN3O4S/c1-15-13-23-21(25(15)14-16-4-6-17(22)7-5-16)10-11-24-30(26,27)20-12-18(28-2)8-9-19(20)29-3/h4-9,12-13,24H,10-11,14H2,1-3H3. The maximum Gasteiger partial charge on any atom is 0.244 e. The minimum atomic E-state index is -3.81. The van der Waals surface area contributed by atoms with E-state index in [1.165, 1.54) is 32.4 Å². The molecule has 0 saturated heterocycles. The van der Waals surface area contributed by atoms with Gasteiger partial charge in [-0.2, -0.15) is 0 Å². The Kier molecular flexibility index (Phi) is 6.73. The number of imidazole rings is 1. The summed E-state index contributed by atoms with van der Waals surface area (Å²) in [6, 6.07) is 10.9. The molecule has 9 heteroatoms. The molecule has 1 aromatic heterocycles. The van der Waals surface area contributed by atoms with Crippen LogP contribution in [0.25, 0.3) is 0 Å². The fourth-order valence-corrected chi connectivity index (χ4v) is 4.28. The van der Waals surface area contributed by atoms with Gasteiger partial charge in [-0.05, 0) is 36.8 Å². The van der Waals surface area contributed by atoms with Crippen LogP contribution in [0.15, 0.2) is 53.6 Å². The van der Waals surface area contributed by atoms with Gasteiger partial charge in [0.1, 0.15) is 28.0 Å². The second-order valence-corrected chi connectivity index (χ2v) is 8.43. The smallest absolute Gasteiger partial charge is 0.244 e. The Morgan fingerprint density at radius 2 is 1.83 bits per heavy atom. The largest absolute Gasteiger partial charge is 0.497 e. The van der Waals surface area contributed by atoms with Gasteiger partial charge in [-0.3, -0.25) is 0 Å². The number of rotatable bonds is 9. The molecule has 0 fully saturated rings. The second-order valence-electron chi connectivity index (χ2n) is 6.69. The van der Waals surface area contributed by atoms with Gasteiger partial charge in [-0.15, -0.1) is 0 Å². The molecule has 1 N–H and O–H groups in total. The Balaban J connectivity index is 1.72. The van der Waals surface area contributed by atoms with Crippen LogP contribution in [0, 0.1) is 12.7 Å². The Morgan fingerprint density at radius 3 is 2.50 bits per heavy atom. The second kappa shape index (κ2) is 9.27. The molecule has 7 nitrogen and oxygen atoms in total. The number of methoxy groups -OCH3 is 2. The summed E-state index contributed by atoms with van der Waals surface area (Å²) in [7, 11) is -0.929. The van der Waals surface area contributed by atoms with Crippen LogP contribution >= 0.6 is 0 Å². The zero-order valence-electron chi connectivity index (χ0n) is 17.1. The zero-order chi connectivity index (χ0) is 21.7. The number of nitrogens with one attached hydrogen (secondary N) is 1. The van der Waals surface area contributed by atoms with E-state index in [0.717, 1.165) is 17.1 Å². The third-order valence-electron chi connectivity index (χ3n) is 4.69. The predicted molar refractivity (Wildman–Crippen MR) is 111 cm³/mol. The number of nitrogens with zero attached hydrogens (tertiary/aromatic N) is 2. The summed E-state index contributed by atoms with van der Waals surface area (Å²) < 4.78 is 53.6. The SMILES string of the molecule is COc1ccc(OC)c(S(=O)(=O)NCCc2ncc(C)n2Cc2ccc(F)cc2)c1. The maximum atomic E-state index is 13.1. The highest BCUT2D eigenvalue weighted by Gasteiger charge is 2.20. The van der Waals surface area contributed by atoms with Crippen molar-refractivity contribution in [3.8, 4) is 11.5 Å². The first-order valence-corrected chi connectivity index (χ1v) is 10.8. The number of hydrogen-bond acceptors (Lipinski definition) is 5. The van der Waals surface area contributed by atoms with Crippen LogP contribution in [-0.4, -0.2) is 38.7 Å². The molecule has 0 aliphatic heterocycles. The van der Waals surface area contributed by atoms with Crippen molar-refractivity contribution in [2.45, 2.75) is 24.8 Å². The van der Waals surface area contributed by atoms with Crippen molar-refractivity contribution < 1.29 is 22.3 Å². The highest BCUT2D eigenvalue weighted by Crippen LogP contribution is 2.28. The molecule has 160 valence electrons. The molecule has 0 amide bonds. The summed E-state index contributed by atoms with van der Waals surface area (Å²) in [5.74, 6) is 1.10. The van der Waals surface area contributed by atoms with Crippen LogP contribution in [0.4, 0.5) is 4.39 Å². The van der Waals surface area contributed by atoms with Gasteiger partial charge in [0.25, 0.3) is 0 Å². The van der Waals surface area contributed by atoms with Crippen LogP contribution in [0.1, 0.15) is 17.1 Å². The average molecular weight is 434 g/mol. The third kappa shape index (κ3) is 4.98. The summed E-state index contributed by atoms with van der Waals surface area (Å²) in [5, 5.41) is 0. The normalized spacial score (nSPS) is 11.5. The maximum absolute atomic E-state index is 13.1. The quantitative estimate of drug-likeness (QED) is 0.561. The molecule has 0 saturated carbocycles. The Bertz CT molecular complexity index is 1110. The highest BCUT2D eigenvalue weighted by molar-refractivity contribution is 7.89. The van der Waals surface area contributed by atoms with Crippen LogP contribution in [0.5, 0.6) is 11.5 Å². The topological polar surface area (TPSA) is 82.4 Å². The van der Waals surface area contributed by atoms with Gasteiger partial charge in [-0.1, -0.05) is 12.1 Å². The molecule has 0 radical (unpaired) electrons. The van der Waals surface area contributed by atoms with E-state index >= 15 is 0 Å². The van der Waals surface area contributed by atoms with Crippen LogP contribution in [0.3, 0.4) is 0 Å². The number of hydrogen-bond donors (Lipinski definition) is 1. The van der Waals surface area contributed by atoms with E-state index in [9.17, 15) is 12.8 Å². The summed E-state index contributed by atoms with van der Waals surface area (Å²) >= 11 is 0. The first kappa shape index (κ1) is 21.8. The fraction of sp³-hybridized carbons (Fsp3) is 0.286. The van der Waals surface area contributed by atoms with Crippen LogP contribution < -0.4 is 14.2 Å². The van der Waals surface area contributed by atoms with Gasteiger partial charge in [0.05, 0.1) is 14.2 Å². The molecule has 0 unspecified atom stereocenters. The lowest BCUT2D eigenvalue weighted by Gasteiger charge is -2.13. The van der Waals surface area contributed by atoms with E-state index in [1.54, 1.807) is 30.5 Å². The first-order chi connectivity index (χ1) is 14.3. The predicted octanol–water partition coefficient (Wildman–Crippen LogP) is 2.92. The lowest BCUT2D eigenvalue weighted by molar-refractivity contribution is 0.392. The van der Waals surface area contributed by atoms with Gasteiger partial charge in [0, 0.05) is 37.5 Å². The van der Waals surface area contributed by atoms with E-state index < -0.39 is 10.0 Å². The van der Waals surface area contributed by atoms with Gasteiger partial charge in [0.15, 0.2) is 0 Å². The highest BCUT2D eigenvalue weighted by atomic mass is 32.2. The monoisotopic (exact) mass is 433 g/mol. The average Bonchev–Trinajstić information content (AvgIpc) is 3.08. The van der Waals surface area contributed by atoms with Crippen molar-refractivity contribution in [3.05, 3.63) is 71.6 Å². The molecule has 0 atom stereocenters. The Labute approximate surface area is 175 Å². The molecule has 0 spiro atoms. The van der Waals surface area contributed by atoms with Gasteiger partial charge < -0.3 is 14.0 Å². The third-order valence-corrected chi connectivity index (χ3v) is 6.17. The number of sulfonamides is 1. The molecule has 0 aliphatic rings. The van der Waals surface area contributed by atoms with Gasteiger partial charge >= 0.3 is 0 Å². The molecule has 0 bridgehead atoms. The minimum Gasteiger partial charge on any atom is -0.497 e. The summed E-state index contributed by atoms with van der Waals surface area (Å²) in [6.45, 7) is 2.60. The number of aromatic nitrogens is 2. The van der Waals surface area contributed by atoms with Crippen LogP contribution in [0.2, 0.25) is 0 Å². The lowest BCUT2D eigenvalue weighted by atomic mass is 10.2.